The number of aliphatic carboxylic acids is 1. The maximum atomic E-state index is 10.5. The van der Waals surface area contributed by atoms with Gasteiger partial charge in [-0.1, -0.05) is 0 Å². The van der Waals surface area contributed by atoms with Gasteiger partial charge in [-0.3, -0.25) is 0 Å². The van der Waals surface area contributed by atoms with Gasteiger partial charge in [-0.15, -0.1) is 0 Å². The topological polar surface area (TPSA) is 153 Å². The maximum Gasteiger partial charge on any atom is 1.00 e. The van der Waals surface area contributed by atoms with Crippen molar-refractivity contribution >= 4 is 13.8 Å². The molecule has 0 aromatic carbocycles. The van der Waals surface area contributed by atoms with Crippen molar-refractivity contribution in [1.29, 1.82) is 0 Å². The fraction of sp³-hybridized carbons (Fsp3) is 0.571. The second-order valence-electron chi connectivity index (χ2n) is 3.26. The second kappa shape index (κ2) is 10.9. The molecule has 0 amide bonds. The molecule has 0 heterocycles. The fourth-order valence-corrected chi connectivity index (χ4v) is 1.81. The first kappa shape index (κ1) is 26.2. The minimum absolute atomic E-state index is 0. The van der Waals surface area contributed by atoms with Gasteiger partial charge in [0.2, 0.25) is 0 Å². The Kier molecular flexibility index (Phi) is 15.0. The third-order valence-electron chi connectivity index (χ3n) is 2.04. The van der Waals surface area contributed by atoms with Gasteiger partial charge < -0.3 is 39.0 Å². The molecule has 0 aliphatic heterocycles. The van der Waals surface area contributed by atoms with Crippen molar-refractivity contribution in [3.8, 4) is 0 Å². The van der Waals surface area contributed by atoms with Gasteiger partial charge >= 0.3 is 88.7 Å². The van der Waals surface area contributed by atoms with Crippen molar-refractivity contribution in [1.82, 2.24) is 0 Å². The van der Waals surface area contributed by atoms with Crippen molar-refractivity contribution in [3.05, 3.63) is 11.6 Å². The molecule has 12 heteroatoms. The van der Waals surface area contributed by atoms with E-state index >= 15 is 0 Å². The van der Waals surface area contributed by atoms with Crippen LogP contribution in [0.2, 0.25) is 0 Å². The first-order valence-electron chi connectivity index (χ1n) is 4.19. The molecule has 92 valence electrons. The summed E-state index contributed by atoms with van der Waals surface area (Å²) < 4.78 is 14.2. The van der Waals surface area contributed by atoms with Gasteiger partial charge in [0.1, 0.15) is 12.2 Å². The van der Waals surface area contributed by atoms with Crippen LogP contribution in [0.1, 0.15) is 6.42 Å². The second-order valence-corrected chi connectivity index (χ2v) is 4.36. The van der Waals surface area contributed by atoms with Crippen LogP contribution in [0.3, 0.4) is 0 Å². The minimum atomic E-state index is -5.38. The number of hydrogen-bond acceptors (Lipinski definition) is 8. The molecule has 0 saturated carbocycles. The summed E-state index contributed by atoms with van der Waals surface area (Å²) in [6.07, 6.45) is -4.60. The number of aliphatic hydroxyl groups is 2. The molecule has 8 nitrogen and oxygen atoms in total. The van der Waals surface area contributed by atoms with Crippen LogP contribution in [0.4, 0.5) is 0 Å². The summed E-state index contributed by atoms with van der Waals surface area (Å²) in [5.74, 6) is -1.63. The Morgan fingerprint density at radius 3 is 2.16 bits per heavy atom. The normalized spacial score (nSPS) is 26.1. The fourth-order valence-electron chi connectivity index (χ4n) is 1.32. The standard InChI is InChI=1S/C7H11O8P.3Na/c8-4-1-3(7(10)11)2-5(6(4)9)15-16(12,13)14;;;/h2,4-6,8-9H,1H2,(H,10,11)(H2,12,13,14);;;/q;3*+1/p-3. The number of carbonyl (C=O) groups excluding carboxylic acids is 1. The number of carbonyl (C=O) groups is 1. The van der Waals surface area contributed by atoms with Gasteiger partial charge in [0, 0.05) is 6.42 Å². The van der Waals surface area contributed by atoms with Crippen LogP contribution in [-0.2, 0) is 13.9 Å². The summed E-state index contributed by atoms with van der Waals surface area (Å²) in [5.41, 5.74) is -0.434. The Morgan fingerprint density at radius 2 is 1.79 bits per heavy atom. The predicted octanol–water partition coefficient (Wildman–Crippen LogP) is -13.0. The van der Waals surface area contributed by atoms with Gasteiger partial charge in [-0.2, -0.15) is 0 Å². The van der Waals surface area contributed by atoms with E-state index in [0.717, 1.165) is 6.08 Å². The first-order chi connectivity index (χ1) is 7.20. The summed E-state index contributed by atoms with van der Waals surface area (Å²) in [4.78, 5) is 31.1. The summed E-state index contributed by atoms with van der Waals surface area (Å²) in [7, 11) is -5.38. The molecule has 1 rings (SSSR count). The molecule has 0 spiro atoms. The van der Waals surface area contributed by atoms with Crippen LogP contribution in [0.15, 0.2) is 11.6 Å². The Labute approximate surface area is 175 Å². The van der Waals surface area contributed by atoms with Crippen LogP contribution in [0, 0.1) is 0 Å². The van der Waals surface area contributed by atoms with Crippen molar-refractivity contribution in [2.45, 2.75) is 24.7 Å². The molecule has 19 heavy (non-hydrogen) atoms. The van der Waals surface area contributed by atoms with Crippen molar-refractivity contribution in [2.24, 2.45) is 0 Å². The molecule has 1 aliphatic carbocycles. The van der Waals surface area contributed by atoms with Gasteiger partial charge in [0.05, 0.1) is 19.9 Å². The van der Waals surface area contributed by atoms with Gasteiger partial charge in [-0.05, 0) is 11.6 Å². The zero-order valence-corrected chi connectivity index (χ0v) is 17.7. The number of carboxylic acids is 1. The Bertz CT molecular complexity index is 369. The zero-order chi connectivity index (χ0) is 12.5. The summed E-state index contributed by atoms with van der Waals surface area (Å²) >= 11 is 0. The predicted molar refractivity (Wildman–Crippen MR) is 42.2 cm³/mol. The zero-order valence-electron chi connectivity index (χ0n) is 10.8. The number of phosphoric ester groups is 1. The maximum absolute atomic E-state index is 10.5. The number of carboxylic acid groups (broad SMARTS) is 1. The number of hydrogen-bond donors (Lipinski definition) is 2. The quantitative estimate of drug-likeness (QED) is 0.384. The van der Waals surface area contributed by atoms with Crippen molar-refractivity contribution in [2.75, 3.05) is 0 Å². The molecular weight excluding hydrogens is 312 g/mol. The molecule has 0 aromatic rings. The van der Waals surface area contributed by atoms with E-state index in [-0.39, 0.29) is 88.7 Å². The first-order valence-corrected chi connectivity index (χ1v) is 5.65. The summed E-state index contributed by atoms with van der Waals surface area (Å²) in [5, 5.41) is 28.9. The smallest absolute Gasteiger partial charge is 0.790 e. The van der Waals surface area contributed by atoms with E-state index in [1.54, 1.807) is 0 Å². The van der Waals surface area contributed by atoms with E-state index in [1.807, 2.05) is 0 Å². The molecule has 2 N–H and O–H groups in total. The molecular formula is C7H8Na3O8P. The molecule has 0 fully saturated rings. The van der Waals surface area contributed by atoms with E-state index in [2.05, 4.69) is 4.52 Å². The van der Waals surface area contributed by atoms with Crippen molar-refractivity contribution in [3.63, 3.8) is 0 Å². The Hall–Kier alpha value is 2.24. The van der Waals surface area contributed by atoms with E-state index in [1.165, 1.54) is 0 Å². The summed E-state index contributed by atoms with van der Waals surface area (Å²) in [6, 6.07) is 0. The molecule has 3 unspecified atom stereocenters. The molecule has 3 atom stereocenters. The summed E-state index contributed by atoms with van der Waals surface area (Å²) in [6.45, 7) is 0. The molecule has 0 radical (unpaired) electrons. The Morgan fingerprint density at radius 1 is 1.32 bits per heavy atom. The van der Waals surface area contributed by atoms with Crippen LogP contribution >= 0.6 is 7.82 Å². The van der Waals surface area contributed by atoms with E-state index < -0.39 is 44.1 Å². The van der Waals surface area contributed by atoms with Crippen LogP contribution in [0.5, 0.6) is 0 Å². The van der Waals surface area contributed by atoms with E-state index in [4.69, 9.17) is 0 Å². The van der Waals surface area contributed by atoms with Crippen LogP contribution < -0.4 is 104 Å². The molecule has 0 saturated heterocycles. The molecule has 0 bridgehead atoms. The minimum Gasteiger partial charge on any atom is -0.790 e. The van der Waals surface area contributed by atoms with E-state index in [9.17, 15) is 34.5 Å². The monoisotopic (exact) mass is 320 g/mol. The van der Waals surface area contributed by atoms with Gasteiger partial charge in [0.25, 0.3) is 0 Å². The average molecular weight is 320 g/mol. The van der Waals surface area contributed by atoms with Crippen molar-refractivity contribution < 1.29 is 128 Å². The average Bonchev–Trinajstić information content (AvgIpc) is 2.10. The SMILES string of the molecule is O=C([O-])C1=CC(OP(=O)([O-])[O-])C(O)C(O)C1.[Na+].[Na+].[Na+]. The van der Waals surface area contributed by atoms with Crippen LogP contribution in [-0.4, -0.2) is 34.5 Å². The number of phosphoric acid groups is 1. The van der Waals surface area contributed by atoms with Gasteiger partial charge in [-0.25, -0.2) is 0 Å². The molecule has 0 aromatic heterocycles. The number of aliphatic hydroxyl groups excluding tert-OH is 2. The van der Waals surface area contributed by atoms with E-state index in [0.29, 0.717) is 0 Å². The molecule has 1 aliphatic rings. The largest absolute Gasteiger partial charge is 1.00 e. The van der Waals surface area contributed by atoms with Crippen LogP contribution in [0.25, 0.3) is 0 Å². The Balaban J connectivity index is -0.000000853. The van der Waals surface area contributed by atoms with Gasteiger partial charge in [0.15, 0.2) is 0 Å². The third kappa shape index (κ3) is 9.07. The number of rotatable bonds is 3. The third-order valence-corrected chi connectivity index (χ3v) is 2.54.